The predicted molar refractivity (Wildman–Crippen MR) is 121 cm³/mol. The summed E-state index contributed by atoms with van der Waals surface area (Å²) in [4.78, 5) is 11.3. The summed E-state index contributed by atoms with van der Waals surface area (Å²) in [6, 6.07) is 18.3. The number of rotatable bonds is 5. The molecule has 2 aromatic heterocycles. The summed E-state index contributed by atoms with van der Waals surface area (Å²) >= 11 is 1.78. The number of nitriles is 1. The Hall–Kier alpha value is -3.37. The van der Waals surface area contributed by atoms with E-state index in [2.05, 4.69) is 34.2 Å². The Morgan fingerprint density at radius 2 is 1.90 bits per heavy atom. The van der Waals surface area contributed by atoms with Gasteiger partial charge in [-0.3, -0.25) is 0 Å². The second-order valence-corrected chi connectivity index (χ2v) is 8.77. The van der Waals surface area contributed by atoms with E-state index in [4.69, 9.17) is 14.1 Å². The lowest BCUT2D eigenvalue weighted by Gasteiger charge is -2.30. The molecule has 0 bridgehead atoms. The molecule has 1 fully saturated rings. The van der Waals surface area contributed by atoms with Crippen LogP contribution in [-0.4, -0.2) is 23.1 Å². The fourth-order valence-electron chi connectivity index (χ4n) is 3.96. The molecular weight excluding hydrogens is 408 g/mol. The van der Waals surface area contributed by atoms with Gasteiger partial charge in [-0.05, 0) is 43.5 Å². The number of oxazole rings is 1. The number of nitrogens with zero attached hydrogens (tertiary/aromatic N) is 4. The molecule has 0 spiro atoms. The Balaban J connectivity index is 1.26. The molecule has 0 saturated carbocycles. The summed E-state index contributed by atoms with van der Waals surface area (Å²) in [5.41, 5.74) is 2.44. The largest absolute Gasteiger partial charge is 0.484 e. The third kappa shape index (κ3) is 3.99. The standard InChI is InChI=1S/C24H22N4O2S/c1-16-6-2-4-8-20(16)29-15-22-26-19(14-25)24(30-22)28-12-10-17(11-13-28)23-27-18-7-3-5-9-21(18)31-23/h2-9,17H,10-13,15H2,1H3. The van der Waals surface area contributed by atoms with E-state index in [1.54, 1.807) is 11.3 Å². The zero-order chi connectivity index (χ0) is 21.2. The predicted octanol–water partition coefficient (Wildman–Crippen LogP) is 5.43. The maximum absolute atomic E-state index is 9.55. The lowest BCUT2D eigenvalue weighted by atomic mass is 9.97. The fourth-order valence-corrected chi connectivity index (χ4v) is 5.09. The van der Waals surface area contributed by atoms with Crippen molar-refractivity contribution in [1.82, 2.24) is 9.97 Å². The second-order valence-electron chi connectivity index (χ2n) is 7.71. The van der Waals surface area contributed by atoms with Gasteiger partial charge in [-0.25, -0.2) is 4.98 Å². The van der Waals surface area contributed by atoms with E-state index in [1.165, 1.54) is 9.71 Å². The summed E-state index contributed by atoms with van der Waals surface area (Å²) < 4.78 is 13.0. The van der Waals surface area contributed by atoms with Crippen LogP contribution in [0.2, 0.25) is 0 Å². The van der Waals surface area contributed by atoms with Crippen LogP contribution in [0.15, 0.2) is 52.9 Å². The molecule has 0 atom stereocenters. The number of piperidine rings is 1. The number of benzene rings is 2. The number of para-hydroxylation sites is 2. The number of hydrogen-bond acceptors (Lipinski definition) is 7. The zero-order valence-electron chi connectivity index (χ0n) is 17.2. The van der Waals surface area contributed by atoms with Crippen LogP contribution in [0.25, 0.3) is 10.2 Å². The highest BCUT2D eigenvalue weighted by Crippen LogP contribution is 2.36. The van der Waals surface area contributed by atoms with Crippen LogP contribution in [0.4, 0.5) is 5.88 Å². The number of aryl methyl sites for hydroxylation is 1. The van der Waals surface area contributed by atoms with Crippen molar-refractivity contribution in [1.29, 1.82) is 5.26 Å². The monoisotopic (exact) mass is 430 g/mol. The molecular formula is C24H22N4O2S. The quantitative estimate of drug-likeness (QED) is 0.420. The lowest BCUT2D eigenvalue weighted by molar-refractivity contribution is 0.261. The topological polar surface area (TPSA) is 75.2 Å². The summed E-state index contributed by atoms with van der Waals surface area (Å²) in [6.45, 7) is 3.80. The van der Waals surface area contributed by atoms with E-state index in [0.717, 1.165) is 42.8 Å². The Bertz CT molecular complexity index is 1210. The third-order valence-corrected chi connectivity index (χ3v) is 6.84. The zero-order valence-corrected chi connectivity index (χ0v) is 18.1. The normalized spacial score (nSPS) is 14.6. The molecule has 0 radical (unpaired) electrons. The first-order valence-corrected chi connectivity index (χ1v) is 11.2. The minimum absolute atomic E-state index is 0.196. The number of thiazole rings is 1. The summed E-state index contributed by atoms with van der Waals surface area (Å²) in [5.74, 6) is 2.19. The molecule has 0 unspecified atom stereocenters. The van der Waals surface area contributed by atoms with Gasteiger partial charge in [-0.15, -0.1) is 11.3 Å². The average Bonchev–Trinajstić information content (AvgIpc) is 3.43. The molecule has 0 amide bonds. The highest BCUT2D eigenvalue weighted by molar-refractivity contribution is 7.18. The first-order valence-electron chi connectivity index (χ1n) is 10.4. The minimum Gasteiger partial charge on any atom is -0.484 e. The molecule has 1 aliphatic heterocycles. The van der Waals surface area contributed by atoms with E-state index >= 15 is 0 Å². The van der Waals surface area contributed by atoms with Crippen LogP contribution in [0, 0.1) is 18.3 Å². The smallest absolute Gasteiger partial charge is 0.236 e. The van der Waals surface area contributed by atoms with E-state index < -0.39 is 0 Å². The van der Waals surface area contributed by atoms with Gasteiger partial charge < -0.3 is 14.1 Å². The molecule has 3 heterocycles. The van der Waals surface area contributed by atoms with Crippen LogP contribution < -0.4 is 9.64 Å². The van der Waals surface area contributed by atoms with E-state index in [-0.39, 0.29) is 6.61 Å². The maximum atomic E-state index is 9.55. The van der Waals surface area contributed by atoms with E-state index in [9.17, 15) is 5.26 Å². The van der Waals surface area contributed by atoms with Crippen molar-refractivity contribution in [2.24, 2.45) is 0 Å². The van der Waals surface area contributed by atoms with Crippen LogP contribution in [0.3, 0.4) is 0 Å². The number of ether oxygens (including phenoxy) is 1. The molecule has 4 aromatic rings. The average molecular weight is 431 g/mol. The van der Waals surface area contributed by atoms with Crippen molar-refractivity contribution in [2.75, 3.05) is 18.0 Å². The summed E-state index contributed by atoms with van der Waals surface area (Å²) in [6.07, 6.45) is 1.95. The molecule has 31 heavy (non-hydrogen) atoms. The van der Waals surface area contributed by atoms with Crippen molar-refractivity contribution in [3.8, 4) is 11.8 Å². The highest BCUT2D eigenvalue weighted by Gasteiger charge is 2.27. The SMILES string of the molecule is Cc1ccccc1OCc1nc(C#N)c(N2CCC(c3nc4ccccc4s3)CC2)o1. The first-order chi connectivity index (χ1) is 15.2. The molecule has 0 aliphatic carbocycles. The Kier molecular flexibility index (Phi) is 5.31. The van der Waals surface area contributed by atoms with Gasteiger partial charge in [0.2, 0.25) is 17.5 Å². The lowest BCUT2D eigenvalue weighted by Crippen LogP contribution is -2.33. The molecule has 1 aliphatic rings. The molecule has 2 aromatic carbocycles. The third-order valence-electron chi connectivity index (χ3n) is 5.65. The van der Waals surface area contributed by atoms with Gasteiger partial charge in [0.05, 0.1) is 15.2 Å². The molecule has 1 saturated heterocycles. The number of hydrogen-bond donors (Lipinski definition) is 0. The fraction of sp³-hybridized carbons (Fsp3) is 0.292. The minimum atomic E-state index is 0.196. The molecule has 6 nitrogen and oxygen atoms in total. The van der Waals surface area contributed by atoms with Gasteiger partial charge in [-0.1, -0.05) is 30.3 Å². The van der Waals surface area contributed by atoms with Gasteiger partial charge in [0.1, 0.15) is 11.8 Å². The van der Waals surface area contributed by atoms with Crippen LogP contribution >= 0.6 is 11.3 Å². The molecule has 156 valence electrons. The van der Waals surface area contributed by atoms with Crippen molar-refractivity contribution in [3.63, 3.8) is 0 Å². The van der Waals surface area contributed by atoms with Crippen molar-refractivity contribution >= 4 is 27.4 Å². The molecule has 5 rings (SSSR count). The number of fused-ring (bicyclic) bond motifs is 1. The van der Waals surface area contributed by atoms with E-state index in [1.807, 2.05) is 37.3 Å². The van der Waals surface area contributed by atoms with Crippen LogP contribution in [0.1, 0.15) is 40.9 Å². The Morgan fingerprint density at radius 1 is 1.13 bits per heavy atom. The first kappa shape index (κ1) is 19.6. The van der Waals surface area contributed by atoms with Crippen molar-refractivity contribution < 1.29 is 9.15 Å². The summed E-state index contributed by atoms with van der Waals surface area (Å²) in [5, 5.41) is 10.8. The highest BCUT2D eigenvalue weighted by atomic mass is 32.1. The van der Waals surface area contributed by atoms with Crippen LogP contribution in [-0.2, 0) is 6.61 Å². The molecule has 7 heteroatoms. The summed E-state index contributed by atoms with van der Waals surface area (Å²) in [7, 11) is 0. The van der Waals surface area contributed by atoms with Crippen molar-refractivity contribution in [3.05, 3.63) is 70.7 Å². The van der Waals surface area contributed by atoms with Gasteiger partial charge in [0.25, 0.3) is 0 Å². The molecule has 0 N–H and O–H groups in total. The van der Waals surface area contributed by atoms with Crippen molar-refractivity contribution in [2.45, 2.75) is 32.3 Å². The number of aromatic nitrogens is 2. The Morgan fingerprint density at radius 3 is 2.68 bits per heavy atom. The van der Waals surface area contributed by atoms with Gasteiger partial charge >= 0.3 is 0 Å². The van der Waals surface area contributed by atoms with Gasteiger partial charge in [-0.2, -0.15) is 10.2 Å². The van der Waals surface area contributed by atoms with Gasteiger partial charge in [0, 0.05) is 19.0 Å². The maximum Gasteiger partial charge on any atom is 0.236 e. The second kappa shape index (κ2) is 8.40. The van der Waals surface area contributed by atoms with E-state index in [0.29, 0.717) is 23.4 Å². The van der Waals surface area contributed by atoms with Crippen LogP contribution in [0.5, 0.6) is 5.75 Å². The Labute approximate surface area is 184 Å². The number of anilines is 1. The van der Waals surface area contributed by atoms with Gasteiger partial charge in [0.15, 0.2) is 6.61 Å².